The zero-order valence-electron chi connectivity index (χ0n) is 59.4. The van der Waals surface area contributed by atoms with Crippen LogP contribution >= 0.6 is 0 Å². The van der Waals surface area contributed by atoms with Gasteiger partial charge in [0.05, 0.1) is 38.8 Å². The monoisotopic (exact) mass is 1290 g/mol. The van der Waals surface area contributed by atoms with Gasteiger partial charge in [0.15, 0.2) is 0 Å². The van der Waals surface area contributed by atoms with Gasteiger partial charge in [-0.25, -0.2) is 0 Å². The van der Waals surface area contributed by atoms with Gasteiger partial charge in [-0.15, -0.1) is 0 Å². The maximum Gasteiger partial charge on any atom is 0.252 e. The fourth-order valence-corrected chi connectivity index (χ4v) is 16.5. The van der Waals surface area contributed by atoms with E-state index in [0.717, 1.165) is 62.2 Å². The predicted octanol–water partition coefficient (Wildman–Crippen LogP) is 23.6. The molecule has 0 bridgehead atoms. The predicted molar refractivity (Wildman–Crippen MR) is 429 cm³/mol. The van der Waals surface area contributed by atoms with Crippen molar-refractivity contribution in [3.63, 3.8) is 0 Å². The van der Waals surface area contributed by atoms with Crippen molar-refractivity contribution >= 4 is 123 Å². The average molecular weight is 1290 g/mol. The van der Waals surface area contributed by atoms with E-state index >= 15 is 0 Å². The zero-order valence-corrected chi connectivity index (χ0v) is 59.4. The Balaban J connectivity index is 0.958. The van der Waals surface area contributed by atoms with Crippen LogP contribution in [0.15, 0.2) is 279 Å². The van der Waals surface area contributed by atoms with Crippen LogP contribution in [0.25, 0.3) is 105 Å². The van der Waals surface area contributed by atoms with E-state index in [1.807, 2.05) is 0 Å². The Morgan fingerprint density at radius 3 is 0.840 bits per heavy atom. The van der Waals surface area contributed by atoms with Crippen LogP contribution in [0.5, 0.6) is 0 Å². The number of hydrogen-bond donors (Lipinski definition) is 0. The van der Waals surface area contributed by atoms with Gasteiger partial charge in [0.2, 0.25) is 0 Å². The first-order valence-corrected chi connectivity index (χ1v) is 35.7. The van der Waals surface area contributed by atoms with E-state index < -0.39 is 0 Å². The molecular weight excluding hydrogens is 1210 g/mol. The highest BCUT2D eigenvalue weighted by atomic mass is 15.2. The van der Waals surface area contributed by atoms with Crippen molar-refractivity contribution in [2.45, 2.75) is 105 Å². The minimum Gasteiger partial charge on any atom is -0.311 e. The SMILES string of the molecule is CC(C)(C)c1ccc2c(c1)c1cc(C(C)(C)C)ccc1n2-c1ccc2c(c1)N(c1ccc(-c3ccccc3)cc1)c1cc(-n3c4ccccc4c4ccccc43)cc3c1B2c1ccc(-n2c4ccc(C(C)(C)C)cc4c4cc(C(C)(C)C)ccc42)cc1N3c1ccc(-c2ccccc2)cc1. The third-order valence-corrected chi connectivity index (χ3v) is 21.8. The standard InChI is InChI=1S/C94H82BN5/c1-91(2,3)63-35-47-82-74(51-63)75-52-64(92(4,5)6)36-48-83(75)98(82)69-43-45-78-86(55-69)96(67-39-31-61(32-40-67)59-23-15-13-16-24-59)88-57-71(100-80-29-21-19-27-72(80)73-28-20-22-30-81(73)100)58-89-90(88)95(78)79-46-44-70(56-87(79)97(89)68-41-33-62(34-42-68)60-25-17-14-18-26-60)99-84-49-37-65(93(7,8)9)53-76(84)77-54-66(94(10,11)12)38-50-85(77)99/h13-58H,1-12H3. The molecule has 0 unspecified atom stereocenters. The first-order valence-electron chi connectivity index (χ1n) is 35.7. The van der Waals surface area contributed by atoms with Crippen molar-refractivity contribution in [3.05, 3.63) is 301 Å². The molecule has 0 spiro atoms. The third-order valence-electron chi connectivity index (χ3n) is 21.8. The van der Waals surface area contributed by atoms with Gasteiger partial charge in [0.25, 0.3) is 6.71 Å². The summed E-state index contributed by atoms with van der Waals surface area (Å²) < 4.78 is 7.60. The normalized spacial score (nSPS) is 13.3. The van der Waals surface area contributed by atoms with Crippen LogP contribution in [0.1, 0.15) is 105 Å². The molecular formula is C94H82BN5. The Labute approximate surface area is 587 Å². The molecule has 0 N–H and O–H groups in total. The van der Waals surface area contributed by atoms with Gasteiger partial charge in [0.1, 0.15) is 0 Å². The van der Waals surface area contributed by atoms with Crippen molar-refractivity contribution in [2.24, 2.45) is 0 Å². The second-order valence-electron chi connectivity index (χ2n) is 32.3. The summed E-state index contributed by atoms with van der Waals surface area (Å²) in [5.74, 6) is 0. The largest absolute Gasteiger partial charge is 0.311 e. The number of aromatic nitrogens is 3. The lowest BCUT2D eigenvalue weighted by Gasteiger charge is -2.44. The Bertz CT molecular complexity index is 5490. The molecule has 5 nitrogen and oxygen atoms in total. The number of rotatable bonds is 7. The smallest absolute Gasteiger partial charge is 0.252 e. The van der Waals surface area contributed by atoms with E-state index in [1.165, 1.54) is 115 Å². The molecule has 0 fully saturated rings. The van der Waals surface area contributed by atoms with E-state index in [1.54, 1.807) is 0 Å². The van der Waals surface area contributed by atoms with Crippen LogP contribution in [0.2, 0.25) is 0 Å². The highest BCUT2D eigenvalue weighted by molar-refractivity contribution is 7.00. The molecule has 0 amide bonds. The van der Waals surface area contributed by atoms with Crippen LogP contribution in [-0.2, 0) is 21.7 Å². The average Bonchev–Trinajstić information content (AvgIpc) is 0.751. The van der Waals surface area contributed by atoms with Crippen molar-refractivity contribution in [3.8, 4) is 39.3 Å². The molecule has 6 heteroatoms. The van der Waals surface area contributed by atoms with E-state index in [4.69, 9.17) is 0 Å². The maximum absolute atomic E-state index is 2.61. The van der Waals surface area contributed by atoms with Crippen LogP contribution in [0.4, 0.5) is 34.1 Å². The minimum atomic E-state index is -0.186. The lowest BCUT2D eigenvalue weighted by Crippen LogP contribution is -2.61. The summed E-state index contributed by atoms with van der Waals surface area (Å²) in [6.45, 7) is 27.7. The molecule has 100 heavy (non-hydrogen) atoms. The van der Waals surface area contributed by atoms with Crippen molar-refractivity contribution in [1.82, 2.24) is 13.7 Å². The first-order chi connectivity index (χ1) is 48.1. The lowest BCUT2D eigenvalue weighted by molar-refractivity contribution is 0.590. The summed E-state index contributed by atoms with van der Waals surface area (Å²) in [7, 11) is 0. The number of nitrogens with zero attached hydrogens (tertiary/aromatic N) is 5. The molecule has 0 aliphatic carbocycles. The first kappa shape index (κ1) is 61.3. The Kier molecular flexibility index (Phi) is 13.6. The molecule has 5 heterocycles. The van der Waals surface area contributed by atoms with Crippen LogP contribution in [-0.4, -0.2) is 20.4 Å². The Morgan fingerprint density at radius 2 is 0.500 bits per heavy atom. The van der Waals surface area contributed by atoms with Crippen LogP contribution < -0.4 is 26.2 Å². The molecule has 486 valence electrons. The van der Waals surface area contributed by atoms with Gasteiger partial charge in [-0.3, -0.25) is 0 Å². The van der Waals surface area contributed by atoms with Crippen LogP contribution in [0.3, 0.4) is 0 Å². The summed E-state index contributed by atoms with van der Waals surface area (Å²) in [5, 5.41) is 7.53. The highest BCUT2D eigenvalue weighted by Gasteiger charge is 2.45. The van der Waals surface area contributed by atoms with E-state index in [-0.39, 0.29) is 28.4 Å². The molecule has 2 aliphatic heterocycles. The lowest BCUT2D eigenvalue weighted by atomic mass is 9.33. The van der Waals surface area contributed by atoms with Gasteiger partial charge in [-0.2, -0.15) is 0 Å². The van der Waals surface area contributed by atoms with Gasteiger partial charge in [-0.1, -0.05) is 241 Å². The van der Waals surface area contributed by atoms with Crippen molar-refractivity contribution in [2.75, 3.05) is 9.80 Å². The van der Waals surface area contributed by atoms with E-state index in [9.17, 15) is 0 Å². The summed E-state index contributed by atoms with van der Waals surface area (Å²) in [5.41, 5.74) is 30.7. The van der Waals surface area contributed by atoms with Crippen LogP contribution in [0, 0.1) is 0 Å². The molecule has 18 rings (SSSR count). The molecule has 0 atom stereocenters. The number of anilines is 6. The van der Waals surface area contributed by atoms with E-state index in [2.05, 4.69) is 386 Å². The number of benzene rings is 13. The molecule has 16 aromatic rings. The molecule has 13 aromatic carbocycles. The second kappa shape index (κ2) is 22.2. The second-order valence-corrected chi connectivity index (χ2v) is 32.3. The number of hydrogen-bond acceptors (Lipinski definition) is 2. The Morgan fingerprint density at radius 1 is 0.220 bits per heavy atom. The van der Waals surface area contributed by atoms with Crippen molar-refractivity contribution in [1.29, 1.82) is 0 Å². The highest BCUT2D eigenvalue weighted by Crippen LogP contribution is 2.50. The zero-order chi connectivity index (χ0) is 68.5. The van der Waals surface area contributed by atoms with E-state index in [0.29, 0.717) is 0 Å². The summed E-state index contributed by atoms with van der Waals surface area (Å²) >= 11 is 0. The molecule has 0 saturated heterocycles. The fraction of sp³-hybridized carbons (Fsp3) is 0.170. The molecule has 3 aromatic heterocycles. The number of para-hydroxylation sites is 2. The number of fused-ring (bicyclic) bond motifs is 13. The maximum atomic E-state index is 2.61. The van der Waals surface area contributed by atoms with Gasteiger partial charge in [0, 0.05) is 77.8 Å². The van der Waals surface area contributed by atoms with Crippen molar-refractivity contribution < 1.29 is 0 Å². The summed E-state index contributed by atoms with van der Waals surface area (Å²) in [6, 6.07) is 107. The summed E-state index contributed by atoms with van der Waals surface area (Å²) in [6.07, 6.45) is 0. The van der Waals surface area contributed by atoms with Gasteiger partial charge < -0.3 is 23.5 Å². The fourth-order valence-electron chi connectivity index (χ4n) is 16.5. The minimum absolute atomic E-state index is 0.0367. The topological polar surface area (TPSA) is 21.3 Å². The third kappa shape index (κ3) is 9.72. The molecule has 2 aliphatic rings. The van der Waals surface area contributed by atoms with Gasteiger partial charge >= 0.3 is 0 Å². The van der Waals surface area contributed by atoms with Gasteiger partial charge in [-0.05, 0) is 204 Å². The molecule has 0 radical (unpaired) electrons. The quantitative estimate of drug-likeness (QED) is 0.148. The Hall–Kier alpha value is -11.1. The molecule has 0 saturated carbocycles. The summed E-state index contributed by atoms with van der Waals surface area (Å²) in [4.78, 5) is 5.21.